The Morgan fingerprint density at radius 1 is 1.16 bits per heavy atom. The number of carbonyl (C=O) groups excluding carboxylic acids is 1. The molecule has 0 aliphatic carbocycles. The van der Waals surface area contributed by atoms with E-state index in [0.29, 0.717) is 23.6 Å². The Bertz CT molecular complexity index is 867. The van der Waals surface area contributed by atoms with Crippen LogP contribution in [0.15, 0.2) is 36.7 Å². The van der Waals surface area contributed by atoms with E-state index in [1.54, 1.807) is 12.1 Å². The highest BCUT2D eigenvalue weighted by Gasteiger charge is 2.39. The Morgan fingerprint density at radius 3 is 2.48 bits per heavy atom. The molecule has 0 radical (unpaired) electrons. The maximum atomic E-state index is 13.1. The van der Waals surface area contributed by atoms with E-state index in [-0.39, 0.29) is 17.6 Å². The first-order chi connectivity index (χ1) is 15.0. The molecule has 2 saturated heterocycles. The molecule has 166 valence electrons. The van der Waals surface area contributed by atoms with Crippen LogP contribution in [-0.4, -0.2) is 65.4 Å². The highest BCUT2D eigenvalue weighted by Crippen LogP contribution is 2.33. The van der Waals surface area contributed by atoms with Gasteiger partial charge in [-0.2, -0.15) is 0 Å². The number of hydrogen-bond donors (Lipinski definition) is 2. The second kappa shape index (κ2) is 9.70. The quantitative estimate of drug-likeness (QED) is 0.740. The number of halogens is 1. The van der Waals surface area contributed by atoms with Gasteiger partial charge in [0.1, 0.15) is 5.82 Å². The third-order valence-corrected chi connectivity index (χ3v) is 6.59. The summed E-state index contributed by atoms with van der Waals surface area (Å²) in [6, 6.07) is 6.39. The summed E-state index contributed by atoms with van der Waals surface area (Å²) in [6.45, 7) is 3.75. The van der Waals surface area contributed by atoms with Crippen LogP contribution in [0.2, 0.25) is 0 Å². The summed E-state index contributed by atoms with van der Waals surface area (Å²) in [6.07, 6.45) is 6.93. The van der Waals surface area contributed by atoms with E-state index in [0.717, 1.165) is 51.0 Å². The molecule has 1 amide bonds. The number of rotatable bonds is 6. The van der Waals surface area contributed by atoms with Crippen LogP contribution in [0.3, 0.4) is 0 Å². The van der Waals surface area contributed by atoms with Gasteiger partial charge in [-0.1, -0.05) is 0 Å². The van der Waals surface area contributed by atoms with E-state index in [4.69, 9.17) is 0 Å². The zero-order valence-electron chi connectivity index (χ0n) is 18.2. The molecule has 1 aromatic carbocycles. The highest BCUT2D eigenvalue weighted by atomic mass is 19.1. The van der Waals surface area contributed by atoms with Crippen molar-refractivity contribution in [2.45, 2.75) is 31.8 Å². The Balaban J connectivity index is 1.26. The molecule has 4 rings (SSSR count). The maximum Gasteiger partial charge on any atom is 0.228 e. The lowest BCUT2D eigenvalue weighted by Crippen LogP contribution is -2.41. The van der Waals surface area contributed by atoms with Crippen molar-refractivity contribution in [3.05, 3.63) is 48.0 Å². The second-order valence-electron chi connectivity index (χ2n) is 8.71. The largest absolute Gasteiger partial charge is 0.357 e. The fourth-order valence-electron chi connectivity index (χ4n) is 4.87. The van der Waals surface area contributed by atoms with E-state index < -0.39 is 0 Å². The van der Waals surface area contributed by atoms with Gasteiger partial charge in [-0.15, -0.1) is 0 Å². The van der Waals surface area contributed by atoms with Gasteiger partial charge in [-0.05, 0) is 69.6 Å². The van der Waals surface area contributed by atoms with E-state index in [1.165, 1.54) is 12.1 Å². The fourth-order valence-corrected chi connectivity index (χ4v) is 4.87. The average Bonchev–Trinajstić information content (AvgIpc) is 3.18. The van der Waals surface area contributed by atoms with Crippen molar-refractivity contribution in [2.24, 2.45) is 11.8 Å². The predicted octanol–water partition coefficient (Wildman–Crippen LogP) is 2.83. The highest BCUT2D eigenvalue weighted by molar-refractivity contribution is 5.92. The van der Waals surface area contributed by atoms with Crippen molar-refractivity contribution in [2.75, 3.05) is 44.4 Å². The van der Waals surface area contributed by atoms with Gasteiger partial charge in [-0.25, -0.2) is 14.4 Å². The first kappa shape index (κ1) is 21.6. The lowest BCUT2D eigenvalue weighted by molar-refractivity contribution is -0.119. The number of likely N-dealkylation sites (tertiary alicyclic amines) is 2. The molecule has 2 atom stereocenters. The summed E-state index contributed by atoms with van der Waals surface area (Å²) in [5, 5.41) is 5.88. The molecule has 1 aromatic heterocycles. The molecular weight excluding hydrogens is 395 g/mol. The molecule has 2 aliphatic rings. The van der Waals surface area contributed by atoms with Crippen molar-refractivity contribution in [3.8, 4) is 0 Å². The first-order valence-corrected chi connectivity index (χ1v) is 11.0. The van der Waals surface area contributed by atoms with Crippen LogP contribution in [0.4, 0.5) is 16.0 Å². The van der Waals surface area contributed by atoms with Gasteiger partial charge < -0.3 is 15.5 Å². The Morgan fingerprint density at radius 2 is 1.84 bits per heavy atom. The maximum absolute atomic E-state index is 13.1. The molecule has 0 spiro atoms. The van der Waals surface area contributed by atoms with E-state index in [9.17, 15) is 9.18 Å². The number of nitrogens with zero attached hydrogens (tertiary/aromatic N) is 4. The van der Waals surface area contributed by atoms with Crippen LogP contribution < -0.4 is 10.6 Å². The topological polar surface area (TPSA) is 73.4 Å². The lowest BCUT2D eigenvalue weighted by atomic mass is 9.86. The third-order valence-electron chi connectivity index (χ3n) is 6.59. The number of benzene rings is 1. The number of piperidine rings is 1. The minimum absolute atomic E-state index is 0.0269. The van der Waals surface area contributed by atoms with Crippen molar-refractivity contribution < 1.29 is 9.18 Å². The minimum atomic E-state index is -0.299. The summed E-state index contributed by atoms with van der Waals surface area (Å²) >= 11 is 0. The molecule has 3 heterocycles. The molecule has 2 N–H and O–H groups in total. The first-order valence-electron chi connectivity index (χ1n) is 11.0. The number of anilines is 2. The summed E-state index contributed by atoms with van der Waals surface area (Å²) in [4.78, 5) is 26.1. The third kappa shape index (κ3) is 5.37. The average molecular weight is 427 g/mol. The number of amides is 1. The van der Waals surface area contributed by atoms with Crippen molar-refractivity contribution >= 4 is 17.5 Å². The zero-order chi connectivity index (χ0) is 21.8. The van der Waals surface area contributed by atoms with Crippen LogP contribution >= 0.6 is 0 Å². The second-order valence-corrected chi connectivity index (χ2v) is 8.71. The number of aromatic nitrogens is 2. The van der Waals surface area contributed by atoms with Crippen molar-refractivity contribution in [3.63, 3.8) is 0 Å². The molecule has 0 bridgehead atoms. The van der Waals surface area contributed by atoms with Gasteiger partial charge in [0, 0.05) is 49.8 Å². The molecule has 8 heteroatoms. The van der Waals surface area contributed by atoms with Crippen LogP contribution in [0, 0.1) is 17.7 Å². The summed E-state index contributed by atoms with van der Waals surface area (Å²) < 4.78 is 13.1. The number of carbonyl (C=O) groups is 1. The molecule has 2 fully saturated rings. The smallest absolute Gasteiger partial charge is 0.228 e. The van der Waals surface area contributed by atoms with Crippen LogP contribution in [-0.2, 0) is 11.3 Å². The zero-order valence-corrected chi connectivity index (χ0v) is 18.2. The van der Waals surface area contributed by atoms with Gasteiger partial charge in [0.05, 0.1) is 5.92 Å². The van der Waals surface area contributed by atoms with Gasteiger partial charge >= 0.3 is 0 Å². The fraction of sp³-hybridized carbons (Fsp3) is 0.522. The molecule has 2 aliphatic heterocycles. The molecule has 31 heavy (non-hydrogen) atoms. The molecular formula is C23H31FN6O. The number of nitrogens with one attached hydrogen (secondary N) is 2. The van der Waals surface area contributed by atoms with Crippen LogP contribution in [0.25, 0.3) is 0 Å². The molecule has 7 nitrogen and oxygen atoms in total. The van der Waals surface area contributed by atoms with E-state index >= 15 is 0 Å². The Kier molecular flexibility index (Phi) is 6.77. The van der Waals surface area contributed by atoms with Crippen LogP contribution in [0.5, 0.6) is 0 Å². The molecule has 0 unspecified atom stereocenters. The number of hydrogen-bond acceptors (Lipinski definition) is 6. The van der Waals surface area contributed by atoms with Crippen molar-refractivity contribution in [1.82, 2.24) is 19.8 Å². The SMILES string of the molecule is CNc1ncc(CN2CCC([C@@H]3C[C@H](C(=O)Nc4ccc(F)cc4)CN3C)CC2)cn1. The standard InChI is InChI=1S/C23H31FN6O/c1-25-23-26-12-16(13-27-23)14-30-9-7-17(8-10-30)21-11-18(15-29(21)2)22(31)28-20-5-3-19(24)4-6-20/h3-6,12-13,17-18,21H,7-11,14-15H2,1-2H3,(H,28,31)(H,25,26,27)/t18-,21-/m0/s1. The Labute approximate surface area is 183 Å². The summed E-state index contributed by atoms with van der Waals surface area (Å²) in [7, 11) is 3.94. The van der Waals surface area contributed by atoms with E-state index in [2.05, 4.69) is 37.4 Å². The van der Waals surface area contributed by atoms with Gasteiger partial charge in [-0.3, -0.25) is 9.69 Å². The van der Waals surface area contributed by atoms with Gasteiger partial charge in [0.15, 0.2) is 0 Å². The van der Waals surface area contributed by atoms with Crippen molar-refractivity contribution in [1.29, 1.82) is 0 Å². The predicted molar refractivity (Wildman–Crippen MR) is 119 cm³/mol. The molecule has 2 aromatic rings. The monoisotopic (exact) mass is 426 g/mol. The van der Waals surface area contributed by atoms with Gasteiger partial charge in [0.25, 0.3) is 0 Å². The van der Waals surface area contributed by atoms with E-state index in [1.807, 2.05) is 19.4 Å². The normalized spacial score (nSPS) is 23.1. The van der Waals surface area contributed by atoms with Crippen LogP contribution in [0.1, 0.15) is 24.8 Å². The minimum Gasteiger partial charge on any atom is -0.357 e. The lowest BCUT2D eigenvalue weighted by Gasteiger charge is -2.37. The molecule has 0 saturated carbocycles. The summed E-state index contributed by atoms with van der Waals surface area (Å²) in [5.41, 5.74) is 1.78. The van der Waals surface area contributed by atoms with Gasteiger partial charge in [0.2, 0.25) is 11.9 Å². The Hall–Kier alpha value is -2.58. The summed E-state index contributed by atoms with van der Waals surface area (Å²) in [5.74, 6) is 0.953.